The first-order valence-corrected chi connectivity index (χ1v) is 8.46. The first kappa shape index (κ1) is 18.2. The lowest BCUT2D eigenvalue weighted by Gasteiger charge is -2.32. The number of likely N-dealkylation sites (tertiary alicyclic amines) is 1. The van der Waals surface area contributed by atoms with Gasteiger partial charge in [0, 0.05) is 31.6 Å². The van der Waals surface area contributed by atoms with E-state index in [4.69, 9.17) is 0 Å². The van der Waals surface area contributed by atoms with Crippen LogP contribution in [-0.2, 0) is 9.59 Å². The molecule has 5 heteroatoms. The summed E-state index contributed by atoms with van der Waals surface area (Å²) in [5, 5.41) is 2.96. The molecule has 1 aliphatic heterocycles. The fourth-order valence-electron chi connectivity index (χ4n) is 2.75. The molecule has 1 fully saturated rings. The van der Waals surface area contributed by atoms with Gasteiger partial charge in [-0.1, -0.05) is 26.0 Å². The van der Waals surface area contributed by atoms with Gasteiger partial charge in [0.15, 0.2) is 0 Å². The van der Waals surface area contributed by atoms with E-state index in [0.29, 0.717) is 25.4 Å². The Hall–Kier alpha value is -2.17. The summed E-state index contributed by atoms with van der Waals surface area (Å²) in [4.78, 5) is 25.9. The van der Waals surface area contributed by atoms with Crippen molar-refractivity contribution in [3.05, 3.63) is 41.7 Å². The summed E-state index contributed by atoms with van der Waals surface area (Å²) in [6.45, 7) is 5.47. The zero-order valence-electron chi connectivity index (χ0n) is 14.3. The van der Waals surface area contributed by atoms with Crippen LogP contribution in [0.15, 0.2) is 30.3 Å². The molecule has 1 aliphatic rings. The van der Waals surface area contributed by atoms with Gasteiger partial charge in [-0.2, -0.15) is 0 Å². The van der Waals surface area contributed by atoms with Crippen LogP contribution >= 0.6 is 0 Å². The molecule has 0 aromatic heterocycles. The first-order chi connectivity index (χ1) is 11.4. The highest BCUT2D eigenvalue weighted by atomic mass is 19.1. The van der Waals surface area contributed by atoms with Gasteiger partial charge in [0.05, 0.1) is 0 Å². The number of hydrogen-bond donors (Lipinski definition) is 1. The van der Waals surface area contributed by atoms with Crippen LogP contribution in [-0.4, -0.2) is 35.8 Å². The van der Waals surface area contributed by atoms with E-state index < -0.39 is 0 Å². The van der Waals surface area contributed by atoms with E-state index in [0.717, 1.165) is 18.4 Å². The van der Waals surface area contributed by atoms with Crippen molar-refractivity contribution in [1.82, 2.24) is 10.2 Å². The molecular formula is C19H25FN2O2. The number of amides is 2. The number of nitrogens with zero attached hydrogens (tertiary/aromatic N) is 1. The molecule has 4 nitrogen and oxygen atoms in total. The minimum atomic E-state index is -0.296. The Morgan fingerprint density at radius 2 is 1.88 bits per heavy atom. The van der Waals surface area contributed by atoms with E-state index in [9.17, 15) is 14.0 Å². The molecule has 1 saturated heterocycles. The van der Waals surface area contributed by atoms with E-state index in [1.165, 1.54) is 18.2 Å². The van der Waals surface area contributed by atoms with Crippen molar-refractivity contribution in [2.24, 2.45) is 5.92 Å². The van der Waals surface area contributed by atoms with Crippen LogP contribution in [0.4, 0.5) is 4.39 Å². The van der Waals surface area contributed by atoms with Gasteiger partial charge >= 0.3 is 0 Å². The molecule has 0 bridgehead atoms. The van der Waals surface area contributed by atoms with Crippen LogP contribution in [0.25, 0.3) is 6.08 Å². The molecule has 0 spiro atoms. The maximum Gasteiger partial charge on any atom is 0.244 e. The molecule has 0 saturated carbocycles. The van der Waals surface area contributed by atoms with Crippen molar-refractivity contribution < 1.29 is 14.0 Å². The molecule has 0 atom stereocenters. The van der Waals surface area contributed by atoms with Crippen LogP contribution in [0.1, 0.15) is 38.7 Å². The van der Waals surface area contributed by atoms with Crippen molar-refractivity contribution in [2.75, 3.05) is 13.1 Å². The minimum absolute atomic E-state index is 0.0958. The third-order valence-electron chi connectivity index (χ3n) is 4.07. The number of benzene rings is 1. The fourth-order valence-corrected chi connectivity index (χ4v) is 2.75. The van der Waals surface area contributed by atoms with Gasteiger partial charge in [-0.15, -0.1) is 0 Å². The second-order valence-corrected chi connectivity index (χ2v) is 6.65. The molecule has 2 rings (SSSR count). The predicted molar refractivity (Wildman–Crippen MR) is 92.6 cm³/mol. The van der Waals surface area contributed by atoms with Crippen molar-refractivity contribution >= 4 is 17.9 Å². The number of carbonyl (C=O) groups is 2. The van der Waals surface area contributed by atoms with Crippen molar-refractivity contribution in [1.29, 1.82) is 0 Å². The number of nitrogens with one attached hydrogen (secondary N) is 1. The summed E-state index contributed by atoms with van der Waals surface area (Å²) in [5.41, 5.74) is 0.778. The third-order valence-corrected chi connectivity index (χ3v) is 4.07. The van der Waals surface area contributed by atoms with Gasteiger partial charge in [0.2, 0.25) is 11.8 Å². The summed E-state index contributed by atoms with van der Waals surface area (Å²) in [6.07, 6.45) is 5.26. The molecular weight excluding hydrogens is 307 g/mol. The Morgan fingerprint density at radius 3 is 2.46 bits per heavy atom. The second-order valence-electron chi connectivity index (χ2n) is 6.65. The highest BCUT2D eigenvalue weighted by Crippen LogP contribution is 2.13. The van der Waals surface area contributed by atoms with Crippen LogP contribution in [0.5, 0.6) is 0 Å². The smallest absolute Gasteiger partial charge is 0.244 e. The van der Waals surface area contributed by atoms with Gasteiger partial charge in [0.25, 0.3) is 0 Å². The quantitative estimate of drug-likeness (QED) is 0.843. The highest BCUT2D eigenvalue weighted by molar-refractivity contribution is 5.91. The van der Waals surface area contributed by atoms with Gasteiger partial charge < -0.3 is 10.2 Å². The first-order valence-electron chi connectivity index (χ1n) is 8.46. The van der Waals surface area contributed by atoms with Crippen molar-refractivity contribution in [3.8, 4) is 0 Å². The van der Waals surface area contributed by atoms with Crippen LogP contribution in [0.2, 0.25) is 0 Å². The van der Waals surface area contributed by atoms with Gasteiger partial charge in [-0.3, -0.25) is 9.59 Å². The second kappa shape index (κ2) is 8.62. The number of rotatable bonds is 5. The van der Waals surface area contributed by atoms with Crippen LogP contribution in [0, 0.1) is 11.7 Å². The number of piperidine rings is 1. The molecule has 1 N–H and O–H groups in total. The Bertz CT molecular complexity index is 588. The molecule has 24 heavy (non-hydrogen) atoms. The molecule has 1 aromatic carbocycles. The lowest BCUT2D eigenvalue weighted by molar-refractivity contribution is -0.133. The van der Waals surface area contributed by atoms with E-state index in [2.05, 4.69) is 5.32 Å². The Labute approximate surface area is 142 Å². The summed E-state index contributed by atoms with van der Waals surface area (Å²) in [5.74, 6) is 0.110. The fraction of sp³-hybridized carbons (Fsp3) is 0.474. The molecule has 0 unspecified atom stereocenters. The maximum atomic E-state index is 12.8. The van der Waals surface area contributed by atoms with Gasteiger partial charge in [-0.25, -0.2) is 4.39 Å². The molecule has 0 aliphatic carbocycles. The van der Waals surface area contributed by atoms with Gasteiger partial charge in [0.1, 0.15) is 5.82 Å². The largest absolute Gasteiger partial charge is 0.350 e. The highest BCUT2D eigenvalue weighted by Gasteiger charge is 2.23. The minimum Gasteiger partial charge on any atom is -0.350 e. The summed E-state index contributed by atoms with van der Waals surface area (Å²) >= 11 is 0. The van der Waals surface area contributed by atoms with Crippen molar-refractivity contribution in [2.45, 2.75) is 39.2 Å². The molecule has 0 radical (unpaired) electrons. The standard InChI is InChI=1S/C19H25FN2O2/c1-14(2)13-19(24)22-11-9-17(10-12-22)21-18(23)8-5-15-3-6-16(20)7-4-15/h3-8,14,17H,9-13H2,1-2H3,(H,21,23)/b8-5-. The average Bonchev–Trinajstić information content (AvgIpc) is 2.54. The van der Waals surface area contributed by atoms with E-state index in [-0.39, 0.29) is 23.7 Å². The Morgan fingerprint density at radius 1 is 1.25 bits per heavy atom. The van der Waals surface area contributed by atoms with E-state index in [1.807, 2.05) is 18.7 Å². The third kappa shape index (κ3) is 5.80. The molecule has 1 aromatic rings. The number of carbonyl (C=O) groups excluding carboxylic acids is 2. The van der Waals surface area contributed by atoms with Crippen LogP contribution in [0.3, 0.4) is 0 Å². The molecule has 1 heterocycles. The summed E-state index contributed by atoms with van der Waals surface area (Å²) in [7, 11) is 0. The van der Waals surface area contributed by atoms with Gasteiger partial charge in [-0.05, 0) is 42.5 Å². The van der Waals surface area contributed by atoms with E-state index in [1.54, 1.807) is 18.2 Å². The number of hydrogen-bond acceptors (Lipinski definition) is 2. The topological polar surface area (TPSA) is 49.4 Å². The Balaban J connectivity index is 1.76. The van der Waals surface area contributed by atoms with Crippen molar-refractivity contribution in [3.63, 3.8) is 0 Å². The predicted octanol–water partition coefficient (Wildman–Crippen LogP) is 2.99. The average molecular weight is 332 g/mol. The molecule has 130 valence electrons. The lowest BCUT2D eigenvalue weighted by atomic mass is 10.0. The zero-order valence-corrected chi connectivity index (χ0v) is 14.3. The monoisotopic (exact) mass is 332 g/mol. The maximum absolute atomic E-state index is 12.8. The summed E-state index contributed by atoms with van der Waals surface area (Å²) < 4.78 is 12.8. The molecule has 2 amide bonds. The lowest BCUT2D eigenvalue weighted by Crippen LogP contribution is -2.46. The Kier molecular flexibility index (Phi) is 6.53. The normalized spacial score (nSPS) is 15.9. The SMILES string of the molecule is CC(C)CC(=O)N1CCC(NC(=O)/C=C\c2ccc(F)cc2)CC1. The van der Waals surface area contributed by atoms with Crippen LogP contribution < -0.4 is 5.32 Å². The van der Waals surface area contributed by atoms with E-state index >= 15 is 0 Å². The summed E-state index contributed by atoms with van der Waals surface area (Å²) in [6, 6.07) is 6.07. The number of halogens is 1. The zero-order chi connectivity index (χ0) is 17.5.